The highest BCUT2D eigenvalue weighted by Crippen LogP contribution is 2.34. The predicted molar refractivity (Wildman–Crippen MR) is 67.6 cm³/mol. The smallest absolute Gasteiger partial charge is 0.156 e. The van der Waals surface area contributed by atoms with E-state index >= 15 is 0 Å². The van der Waals surface area contributed by atoms with E-state index in [2.05, 4.69) is 5.16 Å². The molecule has 0 heterocycles. The van der Waals surface area contributed by atoms with Gasteiger partial charge in [-0.15, -0.1) is 0 Å². The van der Waals surface area contributed by atoms with Gasteiger partial charge in [-0.05, 0) is 32.4 Å². The monoisotopic (exact) mass is 237 g/mol. The van der Waals surface area contributed by atoms with E-state index in [1.165, 1.54) is 0 Å². The molecule has 0 aliphatic carbocycles. The summed E-state index contributed by atoms with van der Waals surface area (Å²) >= 11 is 0. The quantitative estimate of drug-likeness (QED) is 0.631. The molecule has 1 aromatic carbocycles. The third-order valence-corrected chi connectivity index (χ3v) is 2.55. The summed E-state index contributed by atoms with van der Waals surface area (Å²) in [5.41, 5.74) is 1.52. The number of aromatic hydroxyl groups is 1. The minimum absolute atomic E-state index is 0.154. The Bertz CT molecular complexity index is 402. The molecule has 0 radical (unpaired) electrons. The number of benzene rings is 1. The normalized spacial score (nSPS) is 13.3. The van der Waals surface area contributed by atoms with Crippen LogP contribution in [-0.4, -0.2) is 17.9 Å². The highest BCUT2D eigenvalue weighted by molar-refractivity contribution is 5.80. The van der Waals surface area contributed by atoms with Crippen molar-refractivity contribution in [1.29, 1.82) is 0 Å². The molecular weight excluding hydrogens is 218 g/mol. The zero-order valence-electron chi connectivity index (χ0n) is 10.7. The molecule has 0 aliphatic rings. The van der Waals surface area contributed by atoms with E-state index in [0.717, 1.165) is 12.1 Å². The summed E-state index contributed by atoms with van der Waals surface area (Å²) in [5.74, 6) is 0.753. The molecule has 0 unspecified atom stereocenters. The van der Waals surface area contributed by atoms with Gasteiger partial charge in [0.2, 0.25) is 0 Å². The molecule has 94 valence electrons. The first-order valence-electron chi connectivity index (χ1n) is 5.65. The van der Waals surface area contributed by atoms with Gasteiger partial charge in [0, 0.05) is 0 Å². The van der Waals surface area contributed by atoms with Crippen molar-refractivity contribution in [2.45, 2.75) is 33.3 Å². The molecule has 0 aromatic heterocycles. The number of nitrogens with zero attached hydrogens (tertiary/aromatic N) is 1. The number of ether oxygens (including phenoxy) is 1. The van der Waals surface area contributed by atoms with Gasteiger partial charge < -0.3 is 14.7 Å². The molecule has 1 rings (SSSR count). The second-order valence-corrected chi connectivity index (χ2v) is 3.82. The maximum absolute atomic E-state index is 9.81. The summed E-state index contributed by atoms with van der Waals surface area (Å²) in [6.07, 6.45) is 0.484. The van der Waals surface area contributed by atoms with Crippen LogP contribution in [-0.2, 0) is 4.84 Å². The van der Waals surface area contributed by atoms with Crippen LogP contribution in [0.15, 0.2) is 23.4 Å². The molecule has 0 spiro atoms. The van der Waals surface area contributed by atoms with Crippen LogP contribution in [0.25, 0.3) is 0 Å². The van der Waals surface area contributed by atoms with E-state index in [1.807, 2.05) is 20.8 Å². The van der Waals surface area contributed by atoms with Crippen molar-refractivity contribution < 1.29 is 14.7 Å². The summed E-state index contributed by atoms with van der Waals surface area (Å²) in [4.78, 5) is 5.35. The second kappa shape index (κ2) is 6.13. The maximum atomic E-state index is 9.81. The van der Waals surface area contributed by atoms with Gasteiger partial charge in [-0.3, -0.25) is 0 Å². The van der Waals surface area contributed by atoms with Crippen LogP contribution in [0.3, 0.4) is 0 Å². The van der Waals surface area contributed by atoms with E-state index in [4.69, 9.17) is 9.57 Å². The molecule has 1 aromatic rings. The Hall–Kier alpha value is -1.71. The average Bonchev–Trinajstić information content (AvgIpc) is 2.34. The van der Waals surface area contributed by atoms with Crippen molar-refractivity contribution in [3.8, 4) is 11.5 Å². The second-order valence-electron chi connectivity index (χ2n) is 3.82. The number of oxime groups is 1. The Morgan fingerprint density at radius 1 is 1.47 bits per heavy atom. The molecule has 0 saturated carbocycles. The van der Waals surface area contributed by atoms with Crippen LogP contribution in [0.1, 0.15) is 38.9 Å². The molecule has 1 N–H and O–H groups in total. The maximum Gasteiger partial charge on any atom is 0.156 e. The van der Waals surface area contributed by atoms with Crippen molar-refractivity contribution in [2.75, 3.05) is 7.11 Å². The lowest BCUT2D eigenvalue weighted by Crippen LogP contribution is -2.01. The van der Waals surface area contributed by atoms with Crippen LogP contribution in [0.2, 0.25) is 0 Å². The van der Waals surface area contributed by atoms with Crippen LogP contribution in [0, 0.1) is 0 Å². The Balaban J connectivity index is 2.91. The molecule has 17 heavy (non-hydrogen) atoms. The van der Waals surface area contributed by atoms with Gasteiger partial charge in [-0.2, -0.15) is 0 Å². The minimum Gasteiger partial charge on any atom is -0.507 e. The van der Waals surface area contributed by atoms with Crippen LogP contribution in [0.4, 0.5) is 0 Å². The van der Waals surface area contributed by atoms with Gasteiger partial charge in [0.15, 0.2) is 6.10 Å². The zero-order chi connectivity index (χ0) is 12.8. The van der Waals surface area contributed by atoms with Gasteiger partial charge in [0.1, 0.15) is 11.5 Å². The number of phenolic OH excluding ortho intramolecular Hbond substituents is 1. The van der Waals surface area contributed by atoms with Crippen molar-refractivity contribution in [3.63, 3.8) is 0 Å². The third kappa shape index (κ3) is 3.37. The molecule has 4 nitrogen and oxygen atoms in total. The Kier molecular flexibility index (Phi) is 4.82. The van der Waals surface area contributed by atoms with Gasteiger partial charge in [-0.25, -0.2) is 0 Å². The number of methoxy groups -OCH3 is 1. The molecular formula is C13H19NO3. The van der Waals surface area contributed by atoms with E-state index in [0.29, 0.717) is 11.3 Å². The Morgan fingerprint density at radius 2 is 2.18 bits per heavy atom. The fraction of sp³-hybridized carbons (Fsp3) is 0.462. The highest BCUT2D eigenvalue weighted by atomic mass is 16.6. The van der Waals surface area contributed by atoms with E-state index in [-0.39, 0.29) is 11.9 Å². The summed E-state index contributed by atoms with van der Waals surface area (Å²) in [7, 11) is 1.56. The fourth-order valence-electron chi connectivity index (χ4n) is 1.41. The summed E-state index contributed by atoms with van der Waals surface area (Å²) in [6, 6.07) is 5.12. The van der Waals surface area contributed by atoms with Crippen molar-refractivity contribution in [2.24, 2.45) is 5.16 Å². The first-order chi connectivity index (χ1) is 8.10. The summed E-state index contributed by atoms with van der Waals surface area (Å²) in [6.45, 7) is 5.73. The first kappa shape index (κ1) is 13.4. The van der Waals surface area contributed by atoms with Gasteiger partial charge in [-0.1, -0.05) is 18.1 Å². The van der Waals surface area contributed by atoms with Crippen LogP contribution < -0.4 is 4.74 Å². The molecule has 0 saturated heterocycles. The Labute approximate surface area is 102 Å². The number of hydrogen-bond donors (Lipinski definition) is 1. The van der Waals surface area contributed by atoms with Crippen molar-refractivity contribution >= 4 is 5.71 Å². The highest BCUT2D eigenvalue weighted by Gasteiger charge is 2.17. The zero-order valence-corrected chi connectivity index (χ0v) is 10.7. The van der Waals surface area contributed by atoms with Gasteiger partial charge in [0.25, 0.3) is 0 Å². The van der Waals surface area contributed by atoms with E-state index < -0.39 is 0 Å². The number of hydrogen-bond acceptors (Lipinski definition) is 4. The number of phenols is 1. The number of rotatable bonds is 5. The molecule has 0 aliphatic heterocycles. The average molecular weight is 237 g/mol. The standard InChI is InChI=1S/C13H19NO3/c1-5-9(2)14-17-10(3)13-11(15)7-6-8-12(13)16-4/h6-8,10,15H,5H2,1-4H3/b14-9-/t10-/m1/s1. The third-order valence-electron chi connectivity index (χ3n) is 2.55. The summed E-state index contributed by atoms with van der Waals surface area (Å²) < 4.78 is 5.19. The molecule has 0 fully saturated rings. The summed E-state index contributed by atoms with van der Waals surface area (Å²) in [5, 5.41) is 13.8. The lowest BCUT2D eigenvalue weighted by atomic mass is 10.1. The Morgan fingerprint density at radius 3 is 2.76 bits per heavy atom. The fourth-order valence-corrected chi connectivity index (χ4v) is 1.41. The van der Waals surface area contributed by atoms with Crippen LogP contribution in [0.5, 0.6) is 11.5 Å². The molecule has 4 heteroatoms. The van der Waals surface area contributed by atoms with Crippen molar-refractivity contribution in [3.05, 3.63) is 23.8 Å². The van der Waals surface area contributed by atoms with E-state index in [9.17, 15) is 5.11 Å². The molecule has 0 bridgehead atoms. The SMILES string of the molecule is CC/C(C)=N\O[C@H](C)c1c(O)cccc1OC. The lowest BCUT2D eigenvalue weighted by Gasteiger charge is -2.15. The topological polar surface area (TPSA) is 51.0 Å². The van der Waals surface area contributed by atoms with Gasteiger partial charge >= 0.3 is 0 Å². The lowest BCUT2D eigenvalue weighted by molar-refractivity contribution is 0.0680. The predicted octanol–water partition coefficient (Wildman–Crippen LogP) is 3.26. The largest absolute Gasteiger partial charge is 0.507 e. The molecule has 0 amide bonds. The van der Waals surface area contributed by atoms with Gasteiger partial charge in [0.05, 0.1) is 18.4 Å². The van der Waals surface area contributed by atoms with E-state index in [1.54, 1.807) is 25.3 Å². The van der Waals surface area contributed by atoms with Crippen molar-refractivity contribution in [1.82, 2.24) is 0 Å². The molecule has 1 atom stereocenters. The van der Waals surface area contributed by atoms with Crippen LogP contribution >= 0.6 is 0 Å². The minimum atomic E-state index is -0.354. The first-order valence-corrected chi connectivity index (χ1v) is 5.65.